The molecule has 24 heavy (non-hydrogen) atoms. The molecule has 5 nitrogen and oxygen atoms in total. The van der Waals surface area contributed by atoms with Crippen molar-refractivity contribution in [2.45, 2.75) is 26.7 Å². The van der Waals surface area contributed by atoms with Crippen molar-refractivity contribution < 1.29 is 19.1 Å². The highest BCUT2D eigenvalue weighted by molar-refractivity contribution is 5.97. The number of benzene rings is 1. The van der Waals surface area contributed by atoms with E-state index in [1.54, 1.807) is 25.9 Å². The van der Waals surface area contributed by atoms with Crippen LogP contribution in [0.4, 0.5) is 0 Å². The van der Waals surface area contributed by atoms with E-state index in [4.69, 9.17) is 9.47 Å². The van der Waals surface area contributed by atoms with Gasteiger partial charge in [0.15, 0.2) is 0 Å². The van der Waals surface area contributed by atoms with Gasteiger partial charge in [-0.3, -0.25) is 9.59 Å². The van der Waals surface area contributed by atoms with Gasteiger partial charge in [-0.2, -0.15) is 0 Å². The van der Waals surface area contributed by atoms with E-state index in [9.17, 15) is 9.59 Å². The van der Waals surface area contributed by atoms with Crippen molar-refractivity contribution in [3.05, 3.63) is 41.5 Å². The van der Waals surface area contributed by atoms with Gasteiger partial charge in [-0.25, -0.2) is 0 Å². The number of methoxy groups -OCH3 is 1. The molecule has 0 aliphatic rings. The second kappa shape index (κ2) is 11.4. The van der Waals surface area contributed by atoms with Crippen LogP contribution in [-0.4, -0.2) is 50.2 Å². The zero-order valence-electron chi connectivity index (χ0n) is 14.8. The van der Waals surface area contributed by atoms with E-state index >= 15 is 0 Å². The van der Waals surface area contributed by atoms with Crippen molar-refractivity contribution in [2.24, 2.45) is 0 Å². The molecule has 0 saturated carbocycles. The largest absolute Gasteiger partial charge is 0.466 e. The molecule has 5 heteroatoms. The summed E-state index contributed by atoms with van der Waals surface area (Å²) in [6.45, 7) is 5.39. The summed E-state index contributed by atoms with van der Waals surface area (Å²) in [5.74, 6) is -0.356. The lowest BCUT2D eigenvalue weighted by molar-refractivity contribution is -0.143. The highest BCUT2D eigenvalue weighted by Gasteiger charge is 2.16. The maximum absolute atomic E-state index is 12.7. The molecule has 0 bridgehead atoms. The van der Waals surface area contributed by atoms with E-state index in [2.05, 4.69) is 0 Å². The molecule has 132 valence electrons. The molecule has 0 heterocycles. The minimum Gasteiger partial charge on any atom is -0.466 e. The third-order valence-electron chi connectivity index (χ3n) is 3.47. The number of nitrogens with zero attached hydrogens (tertiary/aromatic N) is 1. The predicted molar refractivity (Wildman–Crippen MR) is 94.4 cm³/mol. The standard InChI is InChI=1S/C19H27NO4/c1-4-24-18(21)11-13-20(12-8-14-23-3)19(22)16(2)15-17-9-6-5-7-10-17/h5-7,9-10,15H,4,8,11-14H2,1-3H3. The van der Waals surface area contributed by atoms with Gasteiger partial charge in [0.2, 0.25) is 5.91 Å². The van der Waals surface area contributed by atoms with Crippen LogP contribution in [0, 0.1) is 0 Å². The first kappa shape index (κ1) is 19.9. The van der Waals surface area contributed by atoms with Crippen molar-refractivity contribution in [3.63, 3.8) is 0 Å². The molecular formula is C19H27NO4. The molecular weight excluding hydrogens is 306 g/mol. The van der Waals surface area contributed by atoms with Gasteiger partial charge in [0.05, 0.1) is 13.0 Å². The minimum absolute atomic E-state index is 0.0701. The smallest absolute Gasteiger partial charge is 0.307 e. The number of ether oxygens (including phenoxy) is 2. The first-order valence-corrected chi connectivity index (χ1v) is 8.25. The van der Waals surface area contributed by atoms with Gasteiger partial charge in [0, 0.05) is 32.4 Å². The van der Waals surface area contributed by atoms with Crippen molar-refractivity contribution >= 4 is 18.0 Å². The zero-order chi connectivity index (χ0) is 17.8. The lowest BCUT2D eigenvalue weighted by Gasteiger charge is -2.22. The maximum atomic E-state index is 12.7. The van der Waals surface area contributed by atoms with Crippen LogP contribution < -0.4 is 0 Å². The molecule has 1 aromatic carbocycles. The average molecular weight is 333 g/mol. The van der Waals surface area contributed by atoms with Gasteiger partial charge in [0.1, 0.15) is 0 Å². The van der Waals surface area contributed by atoms with E-state index in [1.807, 2.05) is 36.4 Å². The van der Waals surface area contributed by atoms with Crippen molar-refractivity contribution in [1.29, 1.82) is 0 Å². The van der Waals surface area contributed by atoms with Crippen molar-refractivity contribution in [3.8, 4) is 0 Å². The molecule has 1 rings (SSSR count). The Kier molecular flexibility index (Phi) is 9.46. The third-order valence-corrected chi connectivity index (χ3v) is 3.47. The number of carbonyl (C=O) groups excluding carboxylic acids is 2. The van der Waals surface area contributed by atoms with Crippen molar-refractivity contribution in [1.82, 2.24) is 4.90 Å². The predicted octanol–water partition coefficient (Wildman–Crippen LogP) is 2.91. The lowest BCUT2D eigenvalue weighted by Crippen LogP contribution is -2.35. The summed E-state index contributed by atoms with van der Waals surface area (Å²) in [7, 11) is 1.63. The van der Waals surface area contributed by atoms with E-state index in [1.165, 1.54) is 0 Å². The molecule has 0 saturated heterocycles. The number of rotatable bonds is 10. The van der Waals surface area contributed by atoms with Crippen LogP contribution in [0.15, 0.2) is 35.9 Å². The lowest BCUT2D eigenvalue weighted by atomic mass is 10.1. The number of hydrogen-bond donors (Lipinski definition) is 0. The van der Waals surface area contributed by atoms with Crippen LogP contribution in [0.3, 0.4) is 0 Å². The quantitative estimate of drug-likeness (QED) is 0.375. The second-order valence-electron chi connectivity index (χ2n) is 5.43. The number of esters is 1. The fourth-order valence-corrected chi connectivity index (χ4v) is 2.28. The Hall–Kier alpha value is -2.14. The fourth-order valence-electron chi connectivity index (χ4n) is 2.28. The first-order chi connectivity index (χ1) is 11.6. The van der Waals surface area contributed by atoms with Crippen LogP contribution >= 0.6 is 0 Å². The molecule has 1 amide bonds. The van der Waals surface area contributed by atoms with Gasteiger partial charge in [-0.1, -0.05) is 30.3 Å². The molecule has 0 fully saturated rings. The average Bonchev–Trinajstić information content (AvgIpc) is 2.58. The first-order valence-electron chi connectivity index (χ1n) is 8.25. The maximum Gasteiger partial charge on any atom is 0.307 e. The molecule has 0 aromatic heterocycles. The SMILES string of the molecule is CCOC(=O)CCN(CCCOC)C(=O)C(C)=Cc1ccccc1. The Labute approximate surface area is 144 Å². The van der Waals surface area contributed by atoms with Crippen LogP contribution in [0.5, 0.6) is 0 Å². The van der Waals surface area contributed by atoms with Gasteiger partial charge < -0.3 is 14.4 Å². The summed E-state index contributed by atoms with van der Waals surface area (Å²) in [5.41, 5.74) is 1.62. The Morgan fingerprint density at radius 3 is 2.50 bits per heavy atom. The summed E-state index contributed by atoms with van der Waals surface area (Å²) in [6.07, 6.45) is 2.78. The molecule has 0 N–H and O–H groups in total. The molecule has 0 radical (unpaired) electrons. The zero-order valence-corrected chi connectivity index (χ0v) is 14.8. The molecule has 0 aliphatic heterocycles. The fraction of sp³-hybridized carbons (Fsp3) is 0.474. The van der Waals surface area contributed by atoms with E-state index in [-0.39, 0.29) is 18.3 Å². The monoisotopic (exact) mass is 333 g/mol. The van der Waals surface area contributed by atoms with Gasteiger partial charge in [0.25, 0.3) is 0 Å². The van der Waals surface area contributed by atoms with Crippen LogP contribution in [-0.2, 0) is 19.1 Å². The Bertz CT molecular complexity index is 540. The Balaban J connectivity index is 2.73. The summed E-state index contributed by atoms with van der Waals surface area (Å²) in [4.78, 5) is 25.9. The molecule has 0 unspecified atom stereocenters. The summed E-state index contributed by atoms with van der Waals surface area (Å²) < 4.78 is 9.99. The van der Waals surface area contributed by atoms with Gasteiger partial charge in [-0.15, -0.1) is 0 Å². The third kappa shape index (κ3) is 7.42. The topological polar surface area (TPSA) is 55.8 Å². The Morgan fingerprint density at radius 1 is 1.17 bits per heavy atom. The van der Waals surface area contributed by atoms with Gasteiger partial charge in [-0.05, 0) is 31.9 Å². The van der Waals surface area contributed by atoms with Crippen LogP contribution in [0.25, 0.3) is 6.08 Å². The van der Waals surface area contributed by atoms with Gasteiger partial charge >= 0.3 is 5.97 Å². The van der Waals surface area contributed by atoms with E-state index < -0.39 is 0 Å². The molecule has 0 spiro atoms. The van der Waals surface area contributed by atoms with Crippen molar-refractivity contribution in [2.75, 3.05) is 33.4 Å². The molecule has 0 aliphatic carbocycles. The number of carbonyl (C=O) groups is 2. The summed E-state index contributed by atoms with van der Waals surface area (Å²) in [6, 6.07) is 9.70. The number of amides is 1. The molecule has 0 atom stereocenters. The van der Waals surface area contributed by atoms with Crippen LogP contribution in [0.2, 0.25) is 0 Å². The highest BCUT2D eigenvalue weighted by atomic mass is 16.5. The Morgan fingerprint density at radius 2 is 1.88 bits per heavy atom. The highest BCUT2D eigenvalue weighted by Crippen LogP contribution is 2.10. The van der Waals surface area contributed by atoms with Crippen LogP contribution in [0.1, 0.15) is 32.3 Å². The number of hydrogen-bond acceptors (Lipinski definition) is 4. The second-order valence-corrected chi connectivity index (χ2v) is 5.43. The summed E-state index contributed by atoms with van der Waals surface area (Å²) >= 11 is 0. The molecule has 1 aromatic rings. The summed E-state index contributed by atoms with van der Waals surface area (Å²) in [5, 5.41) is 0. The van der Waals surface area contributed by atoms with E-state index in [0.29, 0.717) is 31.9 Å². The minimum atomic E-state index is -0.285. The normalized spacial score (nSPS) is 11.2. The van der Waals surface area contributed by atoms with E-state index in [0.717, 1.165) is 12.0 Å².